The third kappa shape index (κ3) is 1.74. The number of anilines is 2. The number of ketones is 1. The first-order valence-electron chi connectivity index (χ1n) is 4.39. The van der Waals surface area contributed by atoms with E-state index in [1.165, 1.54) is 18.3 Å². The van der Waals surface area contributed by atoms with Gasteiger partial charge in [0.15, 0.2) is 5.78 Å². The second kappa shape index (κ2) is 3.86. The molecule has 0 spiro atoms. The van der Waals surface area contributed by atoms with E-state index >= 15 is 0 Å². The van der Waals surface area contributed by atoms with Crippen LogP contribution in [0, 0.1) is 0 Å². The topological polar surface area (TPSA) is 58.2 Å². The van der Waals surface area contributed by atoms with Crippen molar-refractivity contribution >= 4 is 46.2 Å². The Hall–Kier alpha value is -1.01. The SMILES string of the molecule is CSc1sc(C(C)=O)c2c1NCC(=O)N2. The zero-order chi connectivity index (χ0) is 11.0. The lowest BCUT2D eigenvalue weighted by Crippen LogP contribution is -2.27. The van der Waals surface area contributed by atoms with Crippen LogP contribution in [-0.2, 0) is 4.79 Å². The van der Waals surface area contributed by atoms with Gasteiger partial charge < -0.3 is 10.6 Å². The highest BCUT2D eigenvalue weighted by Crippen LogP contribution is 2.44. The van der Waals surface area contributed by atoms with Crippen LogP contribution in [0.5, 0.6) is 0 Å². The Morgan fingerprint density at radius 1 is 1.47 bits per heavy atom. The molecule has 0 saturated heterocycles. The average Bonchev–Trinajstić information content (AvgIpc) is 2.55. The molecule has 15 heavy (non-hydrogen) atoms. The van der Waals surface area contributed by atoms with E-state index in [-0.39, 0.29) is 18.2 Å². The number of hydrogen-bond acceptors (Lipinski definition) is 5. The second-order valence-electron chi connectivity index (χ2n) is 3.13. The van der Waals surface area contributed by atoms with Gasteiger partial charge in [-0.15, -0.1) is 23.1 Å². The van der Waals surface area contributed by atoms with Crippen LogP contribution in [-0.4, -0.2) is 24.5 Å². The smallest absolute Gasteiger partial charge is 0.243 e. The summed E-state index contributed by atoms with van der Waals surface area (Å²) in [6, 6.07) is 0. The number of thioether (sulfide) groups is 1. The Kier molecular flexibility index (Phi) is 2.70. The first-order chi connectivity index (χ1) is 7.13. The van der Waals surface area contributed by atoms with Gasteiger partial charge in [-0.3, -0.25) is 9.59 Å². The van der Waals surface area contributed by atoms with Crippen LogP contribution in [0.25, 0.3) is 0 Å². The summed E-state index contributed by atoms with van der Waals surface area (Å²) >= 11 is 3.00. The number of nitrogens with one attached hydrogen (secondary N) is 2. The fourth-order valence-corrected chi connectivity index (χ4v) is 3.26. The molecule has 4 nitrogen and oxygen atoms in total. The largest absolute Gasteiger partial charge is 0.373 e. The number of amides is 1. The van der Waals surface area contributed by atoms with E-state index in [2.05, 4.69) is 10.6 Å². The minimum Gasteiger partial charge on any atom is -0.373 e. The van der Waals surface area contributed by atoms with Crippen molar-refractivity contribution in [3.8, 4) is 0 Å². The van der Waals surface area contributed by atoms with Gasteiger partial charge in [-0.05, 0) is 6.26 Å². The Bertz CT molecular complexity index is 440. The van der Waals surface area contributed by atoms with Gasteiger partial charge in [-0.25, -0.2) is 0 Å². The summed E-state index contributed by atoms with van der Waals surface area (Å²) in [5.41, 5.74) is 1.53. The normalized spacial score (nSPS) is 14.1. The molecule has 1 aliphatic rings. The third-order valence-electron chi connectivity index (χ3n) is 2.07. The van der Waals surface area contributed by atoms with Crippen LogP contribution >= 0.6 is 23.1 Å². The lowest BCUT2D eigenvalue weighted by molar-refractivity contribution is -0.114. The monoisotopic (exact) mass is 242 g/mol. The van der Waals surface area contributed by atoms with E-state index in [9.17, 15) is 9.59 Å². The highest BCUT2D eigenvalue weighted by molar-refractivity contribution is 8.00. The zero-order valence-corrected chi connectivity index (χ0v) is 9.97. The van der Waals surface area contributed by atoms with Crippen molar-refractivity contribution in [2.45, 2.75) is 11.1 Å². The summed E-state index contributed by atoms with van der Waals surface area (Å²) in [6.07, 6.45) is 1.95. The van der Waals surface area contributed by atoms with Crippen LogP contribution in [0.2, 0.25) is 0 Å². The number of hydrogen-bond donors (Lipinski definition) is 2. The molecule has 80 valence electrons. The molecule has 0 saturated carbocycles. The number of fused-ring (bicyclic) bond motifs is 1. The predicted molar refractivity (Wildman–Crippen MR) is 63.2 cm³/mol. The maximum absolute atomic E-state index is 11.4. The van der Waals surface area contributed by atoms with Gasteiger partial charge in [0.1, 0.15) is 0 Å². The molecule has 2 rings (SSSR count). The summed E-state index contributed by atoms with van der Waals surface area (Å²) < 4.78 is 1.04. The standard InChI is InChI=1S/C9H10N2O2S2/c1-4(12)8-6-7(9(14-2)15-8)10-3-5(13)11-6/h10H,3H2,1-2H3,(H,11,13). The van der Waals surface area contributed by atoms with E-state index in [0.717, 1.165) is 9.90 Å². The number of carbonyl (C=O) groups is 2. The van der Waals surface area contributed by atoms with Crippen molar-refractivity contribution in [2.24, 2.45) is 0 Å². The summed E-state index contributed by atoms with van der Waals surface area (Å²) in [6.45, 7) is 1.78. The zero-order valence-electron chi connectivity index (χ0n) is 8.34. The molecule has 0 fully saturated rings. The molecule has 1 aromatic rings. The minimum absolute atomic E-state index is 0.0134. The Morgan fingerprint density at radius 2 is 2.20 bits per heavy atom. The van der Waals surface area contributed by atoms with Gasteiger partial charge in [0.25, 0.3) is 0 Å². The Labute approximate surface area is 95.4 Å². The summed E-state index contributed by atoms with van der Waals surface area (Å²) in [5.74, 6) is -0.115. The lowest BCUT2D eigenvalue weighted by atomic mass is 10.2. The highest BCUT2D eigenvalue weighted by atomic mass is 32.2. The Morgan fingerprint density at radius 3 is 2.80 bits per heavy atom. The van der Waals surface area contributed by atoms with Gasteiger partial charge in [0.05, 0.1) is 27.0 Å². The molecule has 1 aliphatic heterocycles. The molecule has 6 heteroatoms. The van der Waals surface area contributed by atoms with Crippen molar-refractivity contribution in [2.75, 3.05) is 23.4 Å². The van der Waals surface area contributed by atoms with E-state index < -0.39 is 0 Å². The van der Waals surface area contributed by atoms with E-state index in [0.29, 0.717) is 10.6 Å². The van der Waals surface area contributed by atoms with Gasteiger partial charge in [-0.1, -0.05) is 0 Å². The average molecular weight is 242 g/mol. The highest BCUT2D eigenvalue weighted by Gasteiger charge is 2.25. The van der Waals surface area contributed by atoms with Gasteiger partial charge >= 0.3 is 0 Å². The molecule has 0 bridgehead atoms. The summed E-state index contributed by atoms with van der Waals surface area (Å²) in [7, 11) is 0. The van der Waals surface area contributed by atoms with Crippen molar-refractivity contribution in [3.05, 3.63) is 4.88 Å². The van der Waals surface area contributed by atoms with Gasteiger partial charge in [0, 0.05) is 6.92 Å². The molecular formula is C9H10N2O2S2. The first kappa shape index (κ1) is 10.5. The molecule has 1 aromatic heterocycles. The summed E-state index contributed by atoms with van der Waals surface area (Å²) in [4.78, 5) is 23.2. The van der Waals surface area contributed by atoms with Gasteiger partial charge in [-0.2, -0.15) is 0 Å². The maximum Gasteiger partial charge on any atom is 0.243 e. The van der Waals surface area contributed by atoms with Crippen LogP contribution in [0.15, 0.2) is 4.21 Å². The van der Waals surface area contributed by atoms with Crippen LogP contribution < -0.4 is 10.6 Å². The molecule has 0 unspecified atom stereocenters. The number of carbonyl (C=O) groups excluding carboxylic acids is 2. The fraction of sp³-hybridized carbons (Fsp3) is 0.333. The molecule has 0 radical (unpaired) electrons. The van der Waals surface area contributed by atoms with Crippen molar-refractivity contribution in [1.29, 1.82) is 0 Å². The first-order valence-corrected chi connectivity index (χ1v) is 6.43. The lowest BCUT2D eigenvalue weighted by Gasteiger charge is -2.16. The quantitative estimate of drug-likeness (QED) is 0.615. The molecule has 0 aromatic carbocycles. The van der Waals surface area contributed by atoms with E-state index in [1.807, 2.05) is 6.26 Å². The van der Waals surface area contributed by atoms with Crippen LogP contribution in [0.4, 0.5) is 11.4 Å². The molecule has 2 heterocycles. The van der Waals surface area contributed by atoms with Crippen molar-refractivity contribution in [1.82, 2.24) is 0 Å². The van der Waals surface area contributed by atoms with Crippen molar-refractivity contribution in [3.63, 3.8) is 0 Å². The number of thiophene rings is 1. The maximum atomic E-state index is 11.4. The van der Waals surface area contributed by atoms with Crippen LogP contribution in [0.1, 0.15) is 16.6 Å². The second-order valence-corrected chi connectivity index (χ2v) is 5.23. The Balaban J connectivity index is 2.54. The third-order valence-corrected chi connectivity index (χ3v) is 4.48. The number of Topliss-reactive ketones (excluding diaryl/α,β-unsaturated/α-hetero) is 1. The predicted octanol–water partition coefficient (Wildman–Crippen LogP) is 2.04. The minimum atomic E-state index is -0.101. The van der Waals surface area contributed by atoms with E-state index in [1.54, 1.807) is 11.8 Å². The molecule has 1 amide bonds. The van der Waals surface area contributed by atoms with E-state index in [4.69, 9.17) is 0 Å². The fourth-order valence-electron chi connectivity index (χ4n) is 1.43. The molecule has 0 atom stereocenters. The molecular weight excluding hydrogens is 232 g/mol. The summed E-state index contributed by atoms with van der Waals surface area (Å²) in [5, 5.41) is 5.77. The van der Waals surface area contributed by atoms with Crippen molar-refractivity contribution < 1.29 is 9.59 Å². The number of rotatable bonds is 2. The van der Waals surface area contributed by atoms with Gasteiger partial charge in [0.2, 0.25) is 5.91 Å². The molecule has 2 N–H and O–H groups in total. The molecule has 0 aliphatic carbocycles. The van der Waals surface area contributed by atoms with Crippen LogP contribution in [0.3, 0.4) is 0 Å².